The highest BCUT2D eigenvalue weighted by Crippen LogP contribution is 2.13. The first kappa shape index (κ1) is 22.9. The minimum absolute atomic E-state index is 0.133. The van der Waals surface area contributed by atoms with Crippen molar-refractivity contribution in [3.05, 3.63) is 0 Å². The van der Waals surface area contributed by atoms with E-state index in [2.05, 4.69) is 6.92 Å². The third-order valence-corrected chi connectivity index (χ3v) is 4.56. The van der Waals surface area contributed by atoms with Gasteiger partial charge in [0.15, 0.2) is 0 Å². The molecule has 0 aliphatic heterocycles. The van der Waals surface area contributed by atoms with Crippen LogP contribution in [0.1, 0.15) is 116 Å². The fraction of sp³-hybridized carbons (Fsp3) is 1.00. The Balaban J connectivity index is 2.92. The molecular weight excluding hydrogens is 287 g/mol. The van der Waals surface area contributed by atoms with Crippen molar-refractivity contribution in [1.82, 2.24) is 0 Å². The lowest BCUT2D eigenvalue weighted by Crippen LogP contribution is -1.96. The number of hydrogen-bond donors (Lipinski definition) is 0. The quantitative estimate of drug-likeness (QED) is 0.209. The van der Waals surface area contributed by atoms with Crippen LogP contribution in [0.3, 0.4) is 0 Å². The van der Waals surface area contributed by atoms with Crippen molar-refractivity contribution in [3.63, 3.8) is 0 Å². The molecule has 0 fully saturated rings. The van der Waals surface area contributed by atoms with Gasteiger partial charge in [0.25, 0.3) is 0 Å². The molecule has 0 aromatic rings. The van der Waals surface area contributed by atoms with E-state index in [1.807, 2.05) is 0 Å². The Kier molecular flexibility index (Phi) is 21.8. The molecule has 0 saturated heterocycles. The van der Waals surface area contributed by atoms with Crippen LogP contribution in [0.4, 0.5) is 4.39 Å². The zero-order valence-electron chi connectivity index (χ0n) is 15.9. The number of alkyl halides is 1. The van der Waals surface area contributed by atoms with Crippen LogP contribution in [-0.2, 0) is 4.74 Å². The number of hydrogen-bond acceptors (Lipinski definition) is 1. The Bertz CT molecular complexity index is 176. The molecular formula is C21H43FO. The van der Waals surface area contributed by atoms with Crippen LogP contribution in [-0.4, -0.2) is 19.9 Å². The lowest BCUT2D eigenvalue weighted by atomic mass is 10.0. The van der Waals surface area contributed by atoms with Gasteiger partial charge in [-0.05, 0) is 19.3 Å². The average molecular weight is 331 g/mol. The molecule has 0 aliphatic carbocycles. The zero-order valence-corrected chi connectivity index (χ0v) is 15.9. The third-order valence-electron chi connectivity index (χ3n) is 4.56. The second kappa shape index (κ2) is 21.9. The minimum Gasteiger partial charge on any atom is -0.381 e. The van der Waals surface area contributed by atoms with E-state index in [9.17, 15) is 4.39 Å². The Morgan fingerprint density at radius 3 is 1.22 bits per heavy atom. The van der Waals surface area contributed by atoms with E-state index in [0.29, 0.717) is 0 Å². The molecule has 0 rings (SSSR count). The SMILES string of the molecule is CCCCCOCCCCCCCCCCCCCCCCF. The molecule has 0 aliphatic rings. The lowest BCUT2D eigenvalue weighted by Gasteiger charge is -2.04. The van der Waals surface area contributed by atoms with E-state index < -0.39 is 0 Å². The summed E-state index contributed by atoms with van der Waals surface area (Å²) in [6, 6.07) is 0. The highest BCUT2D eigenvalue weighted by Gasteiger charge is 1.95. The lowest BCUT2D eigenvalue weighted by molar-refractivity contribution is 0.126. The summed E-state index contributed by atoms with van der Waals surface area (Å²) in [5.41, 5.74) is 0. The molecule has 1 nitrogen and oxygen atoms in total. The Morgan fingerprint density at radius 2 is 0.826 bits per heavy atom. The van der Waals surface area contributed by atoms with Crippen molar-refractivity contribution >= 4 is 0 Å². The summed E-state index contributed by atoms with van der Waals surface area (Å²) in [6.07, 6.45) is 21.9. The summed E-state index contributed by atoms with van der Waals surface area (Å²) in [6.45, 7) is 4.03. The molecule has 140 valence electrons. The maximum atomic E-state index is 11.9. The Labute approximate surface area is 145 Å². The standard InChI is InChI=1S/C21H43FO/c1-2-3-17-20-23-21-18-15-13-11-9-7-5-4-6-8-10-12-14-16-19-22/h2-21H2,1H3. The number of rotatable bonds is 20. The molecule has 2 heteroatoms. The summed E-state index contributed by atoms with van der Waals surface area (Å²) < 4.78 is 17.5. The van der Waals surface area contributed by atoms with Gasteiger partial charge in [-0.15, -0.1) is 0 Å². The van der Waals surface area contributed by atoms with E-state index in [4.69, 9.17) is 4.74 Å². The number of unbranched alkanes of at least 4 members (excludes halogenated alkanes) is 15. The van der Waals surface area contributed by atoms with E-state index in [1.54, 1.807) is 0 Å². The molecule has 0 unspecified atom stereocenters. The fourth-order valence-electron chi connectivity index (χ4n) is 2.98. The van der Waals surface area contributed by atoms with Gasteiger partial charge >= 0.3 is 0 Å². The van der Waals surface area contributed by atoms with Crippen molar-refractivity contribution in [2.45, 2.75) is 116 Å². The smallest absolute Gasteiger partial charge is 0.0894 e. The van der Waals surface area contributed by atoms with Crippen LogP contribution in [0.5, 0.6) is 0 Å². The van der Waals surface area contributed by atoms with Crippen LogP contribution in [0, 0.1) is 0 Å². The summed E-state index contributed by atoms with van der Waals surface area (Å²) in [5.74, 6) is 0. The van der Waals surface area contributed by atoms with Crippen LogP contribution in [0.25, 0.3) is 0 Å². The van der Waals surface area contributed by atoms with Crippen LogP contribution >= 0.6 is 0 Å². The van der Waals surface area contributed by atoms with Crippen LogP contribution in [0.2, 0.25) is 0 Å². The molecule has 0 aromatic heterocycles. The summed E-state index contributed by atoms with van der Waals surface area (Å²) in [7, 11) is 0. The van der Waals surface area contributed by atoms with Crippen molar-refractivity contribution in [2.75, 3.05) is 19.9 Å². The largest absolute Gasteiger partial charge is 0.381 e. The van der Waals surface area contributed by atoms with E-state index in [1.165, 1.54) is 96.3 Å². The number of halogens is 1. The molecule has 0 bridgehead atoms. The molecule has 0 atom stereocenters. The van der Waals surface area contributed by atoms with Gasteiger partial charge in [-0.25, -0.2) is 0 Å². The molecule has 0 heterocycles. The van der Waals surface area contributed by atoms with E-state index >= 15 is 0 Å². The molecule has 0 spiro atoms. The van der Waals surface area contributed by atoms with Crippen molar-refractivity contribution < 1.29 is 9.13 Å². The average Bonchev–Trinajstić information content (AvgIpc) is 2.57. The van der Waals surface area contributed by atoms with Gasteiger partial charge < -0.3 is 4.74 Å². The Hall–Kier alpha value is -0.110. The summed E-state index contributed by atoms with van der Waals surface area (Å²) in [4.78, 5) is 0. The van der Waals surface area contributed by atoms with Crippen molar-refractivity contribution in [1.29, 1.82) is 0 Å². The molecule has 0 aromatic carbocycles. The van der Waals surface area contributed by atoms with Crippen LogP contribution in [0.15, 0.2) is 0 Å². The highest BCUT2D eigenvalue weighted by atomic mass is 19.1. The molecule has 0 saturated carbocycles. The zero-order chi connectivity index (χ0) is 16.8. The van der Waals surface area contributed by atoms with Gasteiger partial charge in [0.1, 0.15) is 0 Å². The highest BCUT2D eigenvalue weighted by molar-refractivity contribution is 4.49. The van der Waals surface area contributed by atoms with Gasteiger partial charge in [-0.3, -0.25) is 4.39 Å². The van der Waals surface area contributed by atoms with Gasteiger partial charge in [0.05, 0.1) is 6.67 Å². The second-order valence-electron chi connectivity index (χ2n) is 6.96. The molecule has 0 amide bonds. The maximum absolute atomic E-state index is 11.9. The first-order valence-electron chi connectivity index (χ1n) is 10.6. The predicted molar refractivity (Wildman–Crippen MR) is 101 cm³/mol. The summed E-state index contributed by atoms with van der Waals surface area (Å²) >= 11 is 0. The van der Waals surface area contributed by atoms with Crippen LogP contribution < -0.4 is 0 Å². The first-order chi connectivity index (χ1) is 11.4. The van der Waals surface area contributed by atoms with Crippen molar-refractivity contribution in [3.8, 4) is 0 Å². The van der Waals surface area contributed by atoms with Gasteiger partial charge in [0, 0.05) is 13.2 Å². The maximum Gasteiger partial charge on any atom is 0.0894 e. The second-order valence-corrected chi connectivity index (χ2v) is 6.96. The Morgan fingerprint density at radius 1 is 0.478 bits per heavy atom. The van der Waals surface area contributed by atoms with Gasteiger partial charge in [-0.1, -0.05) is 96.8 Å². The van der Waals surface area contributed by atoms with Gasteiger partial charge in [0.2, 0.25) is 0 Å². The van der Waals surface area contributed by atoms with Gasteiger partial charge in [-0.2, -0.15) is 0 Å². The molecule has 23 heavy (non-hydrogen) atoms. The fourth-order valence-corrected chi connectivity index (χ4v) is 2.98. The topological polar surface area (TPSA) is 9.23 Å². The van der Waals surface area contributed by atoms with E-state index in [0.717, 1.165) is 26.1 Å². The van der Waals surface area contributed by atoms with Crippen molar-refractivity contribution in [2.24, 2.45) is 0 Å². The van der Waals surface area contributed by atoms with E-state index in [-0.39, 0.29) is 6.67 Å². The normalized spacial score (nSPS) is 11.2. The minimum atomic E-state index is -0.133. The number of ether oxygens (including phenoxy) is 1. The summed E-state index contributed by atoms with van der Waals surface area (Å²) in [5, 5.41) is 0. The monoisotopic (exact) mass is 330 g/mol. The molecule has 0 radical (unpaired) electrons. The predicted octanol–water partition coefficient (Wildman–Crippen LogP) is 7.62. The molecule has 0 N–H and O–H groups in total. The first-order valence-corrected chi connectivity index (χ1v) is 10.6. The third kappa shape index (κ3) is 21.9.